The molecule has 24 heavy (non-hydrogen) atoms. The van der Waals surface area contributed by atoms with Gasteiger partial charge in [0.2, 0.25) is 5.91 Å². The van der Waals surface area contributed by atoms with E-state index >= 15 is 0 Å². The molecule has 6 heteroatoms. The van der Waals surface area contributed by atoms with Gasteiger partial charge in [0.1, 0.15) is 5.75 Å². The van der Waals surface area contributed by atoms with Crippen molar-refractivity contribution < 1.29 is 9.53 Å². The molecule has 0 bridgehead atoms. The van der Waals surface area contributed by atoms with Crippen LogP contribution in [0.4, 0.5) is 5.69 Å². The topological polar surface area (TPSA) is 69.0 Å². The molecule has 0 radical (unpaired) electrons. The van der Waals surface area contributed by atoms with E-state index in [1.54, 1.807) is 54.7 Å². The van der Waals surface area contributed by atoms with Crippen LogP contribution < -0.4 is 10.1 Å². The molecule has 0 saturated carbocycles. The van der Waals surface area contributed by atoms with Crippen molar-refractivity contribution in [2.24, 2.45) is 0 Å². The van der Waals surface area contributed by atoms with Crippen LogP contribution in [0.1, 0.15) is 5.56 Å². The van der Waals surface area contributed by atoms with Crippen LogP contribution in [0.3, 0.4) is 0 Å². The van der Waals surface area contributed by atoms with Gasteiger partial charge in [0.15, 0.2) is 5.82 Å². The minimum absolute atomic E-state index is 0.251. The smallest absolute Gasteiger partial charge is 0.248 e. The van der Waals surface area contributed by atoms with Gasteiger partial charge in [0.05, 0.1) is 12.8 Å². The zero-order valence-corrected chi connectivity index (χ0v) is 13.1. The second kappa shape index (κ2) is 7.23. The summed E-state index contributed by atoms with van der Waals surface area (Å²) in [5, 5.41) is 6.96. The molecule has 0 unspecified atom stereocenters. The first kappa shape index (κ1) is 15.5. The van der Waals surface area contributed by atoms with Gasteiger partial charge in [-0.15, -0.1) is 0 Å². The highest BCUT2D eigenvalue weighted by atomic mass is 16.5. The first-order valence-electron chi connectivity index (χ1n) is 7.34. The van der Waals surface area contributed by atoms with Crippen LogP contribution in [-0.2, 0) is 4.79 Å². The predicted octanol–water partition coefficient (Wildman–Crippen LogP) is 2.93. The monoisotopic (exact) mass is 320 g/mol. The lowest BCUT2D eigenvalue weighted by molar-refractivity contribution is -0.111. The van der Waals surface area contributed by atoms with E-state index in [1.165, 1.54) is 6.08 Å². The van der Waals surface area contributed by atoms with Gasteiger partial charge in [-0.25, -0.2) is 9.67 Å². The van der Waals surface area contributed by atoms with Crippen molar-refractivity contribution in [1.29, 1.82) is 0 Å². The molecule has 0 fully saturated rings. The molecule has 6 nitrogen and oxygen atoms in total. The van der Waals surface area contributed by atoms with E-state index in [2.05, 4.69) is 15.4 Å². The van der Waals surface area contributed by atoms with Gasteiger partial charge in [-0.05, 0) is 42.0 Å². The van der Waals surface area contributed by atoms with Crippen molar-refractivity contribution in [2.45, 2.75) is 0 Å². The molecule has 0 aliphatic heterocycles. The van der Waals surface area contributed by atoms with Crippen molar-refractivity contribution in [3.63, 3.8) is 0 Å². The van der Waals surface area contributed by atoms with Crippen LogP contribution in [0.2, 0.25) is 0 Å². The molecule has 120 valence electrons. The Kier molecular flexibility index (Phi) is 4.67. The van der Waals surface area contributed by atoms with E-state index in [0.717, 1.165) is 11.3 Å². The fraction of sp³-hybridized carbons (Fsp3) is 0.0556. The predicted molar refractivity (Wildman–Crippen MR) is 92.0 cm³/mol. The van der Waals surface area contributed by atoms with E-state index < -0.39 is 0 Å². The SMILES string of the molecule is COc1cccc(/C=C/C(=O)Nc2cccnc2-n2cccn2)c1. The van der Waals surface area contributed by atoms with Crippen LogP contribution in [0, 0.1) is 0 Å². The number of pyridine rings is 1. The molecule has 0 spiro atoms. The van der Waals surface area contributed by atoms with Crippen molar-refractivity contribution in [1.82, 2.24) is 14.8 Å². The molecule has 3 aromatic rings. The summed E-state index contributed by atoms with van der Waals surface area (Å²) in [6, 6.07) is 12.8. The van der Waals surface area contributed by atoms with E-state index in [0.29, 0.717) is 11.5 Å². The number of anilines is 1. The minimum atomic E-state index is -0.251. The summed E-state index contributed by atoms with van der Waals surface area (Å²) in [7, 11) is 1.61. The van der Waals surface area contributed by atoms with Gasteiger partial charge in [0.25, 0.3) is 0 Å². The average Bonchev–Trinajstić information content (AvgIpc) is 3.15. The molecule has 1 aromatic carbocycles. The highest BCUT2D eigenvalue weighted by Gasteiger charge is 2.07. The Morgan fingerprint density at radius 3 is 2.92 bits per heavy atom. The quantitative estimate of drug-likeness (QED) is 0.734. The molecule has 1 N–H and O–H groups in total. The minimum Gasteiger partial charge on any atom is -0.497 e. The maximum absolute atomic E-state index is 12.2. The molecule has 1 amide bonds. The largest absolute Gasteiger partial charge is 0.497 e. The summed E-state index contributed by atoms with van der Waals surface area (Å²) in [4.78, 5) is 16.4. The first-order chi connectivity index (χ1) is 11.8. The Balaban J connectivity index is 1.75. The van der Waals surface area contributed by atoms with Crippen LogP contribution in [0.5, 0.6) is 5.75 Å². The summed E-state index contributed by atoms with van der Waals surface area (Å²) in [5.41, 5.74) is 1.46. The number of carbonyl (C=O) groups is 1. The van der Waals surface area contributed by atoms with Gasteiger partial charge in [0, 0.05) is 24.7 Å². The number of benzene rings is 1. The van der Waals surface area contributed by atoms with Crippen molar-refractivity contribution in [3.8, 4) is 11.6 Å². The number of hydrogen-bond donors (Lipinski definition) is 1. The maximum Gasteiger partial charge on any atom is 0.248 e. The number of aromatic nitrogens is 3. The molecule has 0 aliphatic carbocycles. The zero-order valence-electron chi connectivity index (χ0n) is 13.1. The van der Waals surface area contributed by atoms with Crippen LogP contribution in [-0.4, -0.2) is 27.8 Å². The van der Waals surface area contributed by atoms with Gasteiger partial charge >= 0.3 is 0 Å². The molecule has 0 aliphatic rings. The number of hydrogen-bond acceptors (Lipinski definition) is 4. The Labute approximate surface area is 139 Å². The fourth-order valence-corrected chi connectivity index (χ4v) is 2.16. The number of nitrogens with one attached hydrogen (secondary N) is 1. The first-order valence-corrected chi connectivity index (χ1v) is 7.34. The number of amides is 1. The Morgan fingerprint density at radius 1 is 1.21 bits per heavy atom. The van der Waals surface area contributed by atoms with E-state index in [-0.39, 0.29) is 5.91 Å². The van der Waals surface area contributed by atoms with E-state index in [9.17, 15) is 4.79 Å². The number of nitrogens with zero attached hydrogens (tertiary/aromatic N) is 3. The molecular formula is C18H16N4O2. The van der Waals surface area contributed by atoms with E-state index in [4.69, 9.17) is 4.74 Å². The van der Waals surface area contributed by atoms with Gasteiger partial charge in [-0.3, -0.25) is 4.79 Å². The summed E-state index contributed by atoms with van der Waals surface area (Å²) in [5.74, 6) is 1.05. The second-order valence-corrected chi connectivity index (χ2v) is 4.92. The second-order valence-electron chi connectivity index (χ2n) is 4.92. The summed E-state index contributed by atoms with van der Waals surface area (Å²) in [6.07, 6.45) is 8.27. The highest BCUT2D eigenvalue weighted by molar-refractivity contribution is 6.02. The van der Waals surface area contributed by atoms with Gasteiger partial charge in [-0.1, -0.05) is 12.1 Å². The standard InChI is InChI=1S/C18H16N4O2/c1-24-15-6-2-5-14(13-15)8-9-17(23)21-16-7-3-10-19-18(16)22-12-4-11-20-22/h2-13H,1H3,(H,21,23)/b9-8+. The van der Waals surface area contributed by atoms with Crippen molar-refractivity contribution in [2.75, 3.05) is 12.4 Å². The molecule has 3 rings (SSSR count). The number of rotatable bonds is 5. The van der Waals surface area contributed by atoms with Crippen LogP contribution in [0.15, 0.2) is 67.1 Å². The zero-order chi connectivity index (χ0) is 16.8. The van der Waals surface area contributed by atoms with Gasteiger partial charge < -0.3 is 10.1 Å². The van der Waals surface area contributed by atoms with Crippen molar-refractivity contribution in [3.05, 3.63) is 72.7 Å². The molecule has 0 atom stereocenters. The van der Waals surface area contributed by atoms with Crippen molar-refractivity contribution >= 4 is 17.7 Å². The summed E-state index contributed by atoms with van der Waals surface area (Å²) >= 11 is 0. The lowest BCUT2D eigenvalue weighted by Gasteiger charge is -2.08. The average molecular weight is 320 g/mol. The van der Waals surface area contributed by atoms with Crippen LogP contribution in [0.25, 0.3) is 11.9 Å². The summed E-state index contributed by atoms with van der Waals surface area (Å²) < 4.78 is 6.76. The van der Waals surface area contributed by atoms with E-state index in [1.807, 2.05) is 24.3 Å². The molecular weight excluding hydrogens is 304 g/mol. The lowest BCUT2D eigenvalue weighted by Crippen LogP contribution is -2.11. The normalized spacial score (nSPS) is 10.7. The maximum atomic E-state index is 12.2. The summed E-state index contributed by atoms with van der Waals surface area (Å²) in [6.45, 7) is 0. The van der Waals surface area contributed by atoms with Gasteiger partial charge in [-0.2, -0.15) is 5.10 Å². The molecule has 2 heterocycles. The Bertz CT molecular complexity index is 857. The number of ether oxygens (including phenoxy) is 1. The third kappa shape index (κ3) is 3.67. The molecule has 0 saturated heterocycles. The lowest BCUT2D eigenvalue weighted by atomic mass is 10.2. The van der Waals surface area contributed by atoms with Crippen LogP contribution >= 0.6 is 0 Å². The molecule has 2 aromatic heterocycles. The Hall–Kier alpha value is -3.41. The fourth-order valence-electron chi connectivity index (χ4n) is 2.16. The Morgan fingerprint density at radius 2 is 2.12 bits per heavy atom. The number of methoxy groups -OCH3 is 1. The number of carbonyl (C=O) groups excluding carboxylic acids is 1. The third-order valence-electron chi connectivity index (χ3n) is 3.29. The third-order valence-corrected chi connectivity index (χ3v) is 3.29. The highest BCUT2D eigenvalue weighted by Crippen LogP contribution is 2.17.